The van der Waals surface area contributed by atoms with Gasteiger partial charge in [0.05, 0.1) is 0 Å². The van der Waals surface area contributed by atoms with Gasteiger partial charge in [0.15, 0.2) is 0 Å². The fourth-order valence-corrected chi connectivity index (χ4v) is 1.70. The second-order valence-corrected chi connectivity index (χ2v) is 2.70. The molecule has 2 rings (SSSR count). The molecule has 0 aromatic rings. The van der Waals surface area contributed by atoms with Gasteiger partial charge in [0.25, 0.3) is 0 Å². The van der Waals surface area contributed by atoms with Crippen LogP contribution in [0.2, 0.25) is 0 Å². The lowest BCUT2D eigenvalue weighted by Crippen LogP contribution is -1.87. The Hall–Kier alpha value is -0.480. The van der Waals surface area contributed by atoms with Gasteiger partial charge in [0.1, 0.15) is 0 Å². The molecule has 0 spiro atoms. The second-order valence-electron chi connectivity index (χ2n) is 2.70. The third-order valence-electron chi connectivity index (χ3n) is 2.18. The van der Waals surface area contributed by atoms with Crippen molar-refractivity contribution < 1.29 is 0 Å². The SMILES string of the molecule is C1=CCC2CCCC=12. The van der Waals surface area contributed by atoms with E-state index < -0.39 is 0 Å². The third kappa shape index (κ3) is 0.468. The first-order valence-corrected chi connectivity index (χ1v) is 3.41. The zero-order valence-corrected chi connectivity index (χ0v) is 4.98. The molecule has 0 heterocycles. The molecule has 1 atom stereocenters. The quantitative estimate of drug-likeness (QED) is 0.415. The Bertz CT molecular complexity index is 159. The highest BCUT2D eigenvalue weighted by atomic mass is 14.3. The van der Waals surface area contributed by atoms with Gasteiger partial charge in [-0.2, -0.15) is 0 Å². The molecule has 8 heavy (non-hydrogen) atoms. The average Bonchev–Trinajstić information content (AvgIpc) is 2.15. The zero-order chi connectivity index (χ0) is 5.40. The summed E-state index contributed by atoms with van der Waals surface area (Å²) in [6.45, 7) is 0. The van der Waals surface area contributed by atoms with Gasteiger partial charge in [-0.3, -0.25) is 0 Å². The van der Waals surface area contributed by atoms with E-state index in [0.717, 1.165) is 5.92 Å². The highest BCUT2D eigenvalue weighted by Crippen LogP contribution is 2.35. The molecular weight excluding hydrogens is 96.1 g/mol. The Morgan fingerprint density at radius 3 is 3.50 bits per heavy atom. The molecule has 1 saturated carbocycles. The molecule has 0 bridgehead atoms. The standard InChI is InChI=1S/C8H10/c1-3-7-5-2-6-8(7)4-1/h1,7H,2-3,5-6H2. The summed E-state index contributed by atoms with van der Waals surface area (Å²) < 4.78 is 0. The van der Waals surface area contributed by atoms with Gasteiger partial charge >= 0.3 is 0 Å². The summed E-state index contributed by atoms with van der Waals surface area (Å²) in [5, 5.41) is 0. The van der Waals surface area contributed by atoms with Gasteiger partial charge in [-0.05, 0) is 43.3 Å². The first-order valence-electron chi connectivity index (χ1n) is 3.41. The Balaban J connectivity index is 2.31. The minimum atomic E-state index is 0.926. The number of hydrogen-bond acceptors (Lipinski definition) is 0. The Kier molecular flexibility index (Phi) is 0.824. The predicted molar refractivity (Wildman–Crippen MR) is 33.6 cm³/mol. The van der Waals surface area contributed by atoms with Crippen LogP contribution in [0.1, 0.15) is 25.7 Å². The number of hydrogen-bond donors (Lipinski definition) is 0. The zero-order valence-electron chi connectivity index (χ0n) is 4.98. The van der Waals surface area contributed by atoms with E-state index in [9.17, 15) is 0 Å². The van der Waals surface area contributed by atoms with E-state index in [1.165, 1.54) is 25.7 Å². The van der Waals surface area contributed by atoms with Gasteiger partial charge in [-0.25, -0.2) is 0 Å². The normalized spacial score (nSPS) is 33.0. The topological polar surface area (TPSA) is 0 Å². The van der Waals surface area contributed by atoms with Crippen molar-refractivity contribution >= 4 is 0 Å². The molecule has 0 aromatic carbocycles. The Labute approximate surface area is 49.9 Å². The Morgan fingerprint density at radius 2 is 2.62 bits per heavy atom. The van der Waals surface area contributed by atoms with Crippen LogP contribution in [0.5, 0.6) is 0 Å². The van der Waals surface area contributed by atoms with Crippen molar-refractivity contribution in [2.24, 2.45) is 5.92 Å². The first kappa shape index (κ1) is 4.40. The van der Waals surface area contributed by atoms with Gasteiger partial charge < -0.3 is 0 Å². The fourth-order valence-electron chi connectivity index (χ4n) is 1.70. The molecule has 0 radical (unpaired) electrons. The van der Waals surface area contributed by atoms with Crippen LogP contribution in [0.15, 0.2) is 17.4 Å². The van der Waals surface area contributed by atoms with Crippen LogP contribution in [0.25, 0.3) is 0 Å². The largest absolute Gasteiger partial charge is 0.126 e. The number of allylic oxidation sites excluding steroid dienone is 1. The molecular formula is C8H10. The van der Waals surface area contributed by atoms with Crippen molar-refractivity contribution in [3.05, 3.63) is 17.4 Å². The van der Waals surface area contributed by atoms with E-state index in [1.54, 1.807) is 5.57 Å². The molecule has 0 aromatic heterocycles. The molecule has 1 fully saturated rings. The number of rotatable bonds is 0. The van der Waals surface area contributed by atoms with Crippen molar-refractivity contribution in [3.63, 3.8) is 0 Å². The van der Waals surface area contributed by atoms with Crippen molar-refractivity contribution in [1.82, 2.24) is 0 Å². The summed E-state index contributed by atoms with van der Waals surface area (Å²) in [5.41, 5.74) is 4.91. The average molecular weight is 106 g/mol. The summed E-state index contributed by atoms with van der Waals surface area (Å²) >= 11 is 0. The van der Waals surface area contributed by atoms with Crippen LogP contribution in [0.4, 0.5) is 0 Å². The summed E-state index contributed by atoms with van der Waals surface area (Å²) in [7, 11) is 0. The van der Waals surface area contributed by atoms with Crippen LogP contribution in [0.3, 0.4) is 0 Å². The van der Waals surface area contributed by atoms with Crippen LogP contribution in [0, 0.1) is 5.92 Å². The van der Waals surface area contributed by atoms with Crippen molar-refractivity contribution in [1.29, 1.82) is 0 Å². The number of fused-ring (bicyclic) bond motifs is 1. The molecule has 2 aliphatic carbocycles. The van der Waals surface area contributed by atoms with E-state index >= 15 is 0 Å². The minimum absolute atomic E-state index is 0.926. The van der Waals surface area contributed by atoms with Crippen LogP contribution < -0.4 is 0 Å². The van der Waals surface area contributed by atoms with Crippen molar-refractivity contribution in [2.75, 3.05) is 0 Å². The molecule has 0 amide bonds. The second kappa shape index (κ2) is 1.50. The van der Waals surface area contributed by atoms with Crippen molar-refractivity contribution in [3.8, 4) is 0 Å². The molecule has 2 aliphatic rings. The van der Waals surface area contributed by atoms with Gasteiger partial charge in [-0.15, -0.1) is 5.73 Å². The molecule has 0 nitrogen and oxygen atoms in total. The molecule has 0 aliphatic heterocycles. The van der Waals surface area contributed by atoms with Crippen LogP contribution >= 0.6 is 0 Å². The third-order valence-corrected chi connectivity index (χ3v) is 2.18. The van der Waals surface area contributed by atoms with E-state index in [0.29, 0.717) is 0 Å². The summed E-state index contributed by atoms with van der Waals surface area (Å²) in [4.78, 5) is 0. The molecule has 42 valence electrons. The summed E-state index contributed by atoms with van der Waals surface area (Å²) in [6, 6.07) is 0. The fraction of sp³-hybridized carbons (Fsp3) is 0.625. The van der Waals surface area contributed by atoms with Gasteiger partial charge in [-0.1, -0.05) is 0 Å². The van der Waals surface area contributed by atoms with Crippen LogP contribution in [-0.4, -0.2) is 0 Å². The monoisotopic (exact) mass is 106 g/mol. The van der Waals surface area contributed by atoms with Crippen LogP contribution in [-0.2, 0) is 0 Å². The molecule has 0 heteroatoms. The van der Waals surface area contributed by atoms with E-state index in [1.807, 2.05) is 0 Å². The van der Waals surface area contributed by atoms with Gasteiger partial charge in [0, 0.05) is 0 Å². The lowest BCUT2D eigenvalue weighted by Gasteiger charge is -1.98. The maximum absolute atomic E-state index is 3.31. The van der Waals surface area contributed by atoms with Crippen molar-refractivity contribution in [2.45, 2.75) is 25.7 Å². The minimum Gasteiger partial charge on any atom is -0.126 e. The molecule has 0 saturated heterocycles. The van der Waals surface area contributed by atoms with E-state index in [4.69, 9.17) is 0 Å². The summed E-state index contributed by atoms with van der Waals surface area (Å²) in [6.07, 6.45) is 7.66. The Morgan fingerprint density at radius 1 is 1.62 bits per heavy atom. The maximum Gasteiger partial charge on any atom is -0.00865 e. The smallest absolute Gasteiger partial charge is 0.00865 e. The lowest BCUT2D eigenvalue weighted by atomic mass is 10.1. The highest BCUT2D eigenvalue weighted by Gasteiger charge is 2.21. The maximum atomic E-state index is 3.31. The lowest BCUT2D eigenvalue weighted by molar-refractivity contribution is 0.651. The molecule has 1 unspecified atom stereocenters. The first-order chi connectivity index (χ1) is 3.97. The molecule has 0 N–H and O–H groups in total. The summed E-state index contributed by atoms with van der Waals surface area (Å²) in [5.74, 6) is 0.926. The predicted octanol–water partition coefficient (Wildman–Crippen LogP) is 2.27. The van der Waals surface area contributed by atoms with E-state index in [-0.39, 0.29) is 0 Å². The van der Waals surface area contributed by atoms with E-state index in [2.05, 4.69) is 11.8 Å². The van der Waals surface area contributed by atoms with Gasteiger partial charge in [0.2, 0.25) is 0 Å². The highest BCUT2D eigenvalue weighted by molar-refractivity contribution is 5.17.